The van der Waals surface area contributed by atoms with Crippen LogP contribution in [0.4, 0.5) is 4.79 Å². The van der Waals surface area contributed by atoms with E-state index in [1.165, 1.54) is 0 Å². The first kappa shape index (κ1) is 19.0. The monoisotopic (exact) mass is 322 g/mol. The van der Waals surface area contributed by atoms with Gasteiger partial charge in [-0.05, 0) is 63.8 Å². The Morgan fingerprint density at radius 1 is 1.13 bits per heavy atom. The molecular weight excluding hydrogens is 298 g/mol. The van der Waals surface area contributed by atoms with E-state index >= 15 is 0 Å². The van der Waals surface area contributed by atoms with Crippen LogP contribution in [0.25, 0.3) is 0 Å². The summed E-state index contributed by atoms with van der Waals surface area (Å²) in [7, 11) is 0. The van der Waals surface area contributed by atoms with Gasteiger partial charge in [-0.25, -0.2) is 4.79 Å². The molecule has 1 aromatic rings. The number of carbonyl (C=O) groups is 2. The average Bonchev–Trinajstić information content (AvgIpc) is 2.37. The molecule has 0 heterocycles. The fraction of sp³-hybridized carbons (Fsp3) is 0.529. The van der Waals surface area contributed by atoms with Crippen LogP contribution in [0.2, 0.25) is 0 Å². The molecule has 0 spiro atoms. The molecule has 0 aliphatic carbocycles. The number of aryl methyl sites for hydroxylation is 3. The van der Waals surface area contributed by atoms with E-state index in [1.54, 1.807) is 33.8 Å². The van der Waals surface area contributed by atoms with Crippen LogP contribution in [0.15, 0.2) is 12.1 Å². The smallest absolute Gasteiger partial charge is 0.408 e. The molecular formula is C17H24NO5-. The van der Waals surface area contributed by atoms with Crippen molar-refractivity contribution in [2.45, 2.75) is 59.3 Å². The summed E-state index contributed by atoms with van der Waals surface area (Å²) in [5, 5.41) is 23.9. The average molecular weight is 322 g/mol. The lowest BCUT2D eigenvalue weighted by molar-refractivity contribution is -0.310. The number of amides is 1. The van der Waals surface area contributed by atoms with Gasteiger partial charge < -0.3 is 25.1 Å². The highest BCUT2D eigenvalue weighted by molar-refractivity contribution is 5.79. The topological polar surface area (TPSA) is 98.7 Å². The Balaban J connectivity index is 3.04. The summed E-state index contributed by atoms with van der Waals surface area (Å²) in [6, 6.07) is 1.96. The standard InChI is InChI=1S/C17H25NO5/c1-9-7-11(3)12(8-10(9)2)14(19)13(15(20)21)18-16(22)23-17(4,5)6/h7-8,13-14,19H,1-6H3,(H,18,22)(H,20,21)/p-1/t13-,14-/m0/s1. The fourth-order valence-electron chi connectivity index (χ4n) is 2.18. The second-order valence-electron chi connectivity index (χ2n) is 6.68. The number of hydrogen-bond donors (Lipinski definition) is 2. The number of nitrogens with one attached hydrogen (secondary N) is 1. The second-order valence-corrected chi connectivity index (χ2v) is 6.68. The van der Waals surface area contributed by atoms with Crippen molar-refractivity contribution in [1.29, 1.82) is 0 Å². The molecule has 0 radical (unpaired) electrons. The number of alkyl carbamates (subject to hydrolysis) is 1. The maximum Gasteiger partial charge on any atom is 0.408 e. The van der Waals surface area contributed by atoms with Crippen LogP contribution in [-0.4, -0.2) is 28.8 Å². The number of aliphatic carboxylic acids is 1. The van der Waals surface area contributed by atoms with Gasteiger partial charge in [-0.1, -0.05) is 12.1 Å². The van der Waals surface area contributed by atoms with Gasteiger partial charge in [0.2, 0.25) is 0 Å². The number of carboxylic acids is 1. The summed E-state index contributed by atoms with van der Waals surface area (Å²) >= 11 is 0. The summed E-state index contributed by atoms with van der Waals surface area (Å²) in [6.45, 7) is 10.5. The van der Waals surface area contributed by atoms with E-state index in [2.05, 4.69) is 5.32 Å². The minimum absolute atomic E-state index is 0.429. The number of carboxylic acid groups (broad SMARTS) is 1. The molecule has 0 fully saturated rings. The van der Waals surface area contributed by atoms with Crippen LogP contribution >= 0.6 is 0 Å². The first-order valence-corrected chi connectivity index (χ1v) is 7.38. The zero-order chi connectivity index (χ0) is 17.9. The second kappa shape index (κ2) is 7.00. The lowest BCUT2D eigenvalue weighted by Crippen LogP contribution is -2.52. The molecule has 0 saturated carbocycles. The predicted octanol–water partition coefficient (Wildman–Crippen LogP) is 1.29. The van der Waals surface area contributed by atoms with E-state index < -0.39 is 29.8 Å². The Morgan fingerprint density at radius 2 is 1.65 bits per heavy atom. The number of aliphatic hydroxyl groups excluding tert-OH is 1. The third-order valence-corrected chi connectivity index (χ3v) is 3.44. The minimum atomic E-state index is -1.61. The molecule has 1 aromatic carbocycles. The summed E-state index contributed by atoms with van der Waals surface area (Å²) in [4.78, 5) is 23.1. The third kappa shape index (κ3) is 5.25. The third-order valence-electron chi connectivity index (χ3n) is 3.44. The highest BCUT2D eigenvalue weighted by Gasteiger charge is 2.27. The van der Waals surface area contributed by atoms with Crippen molar-refractivity contribution in [3.63, 3.8) is 0 Å². The molecule has 23 heavy (non-hydrogen) atoms. The van der Waals surface area contributed by atoms with Crippen molar-refractivity contribution in [2.24, 2.45) is 0 Å². The lowest BCUT2D eigenvalue weighted by atomic mass is 9.94. The van der Waals surface area contributed by atoms with Crippen LogP contribution in [0.1, 0.15) is 49.1 Å². The first-order valence-electron chi connectivity index (χ1n) is 7.38. The first-order chi connectivity index (χ1) is 10.4. The molecule has 1 rings (SSSR count). The van der Waals surface area contributed by atoms with Crippen molar-refractivity contribution in [3.8, 4) is 0 Å². The van der Waals surface area contributed by atoms with E-state index in [0.717, 1.165) is 16.7 Å². The maximum atomic E-state index is 11.8. The van der Waals surface area contributed by atoms with Crippen LogP contribution in [0, 0.1) is 20.8 Å². The quantitative estimate of drug-likeness (QED) is 0.870. The summed E-state index contributed by atoms with van der Waals surface area (Å²) in [6.07, 6.45) is -2.36. The van der Waals surface area contributed by atoms with Crippen molar-refractivity contribution >= 4 is 12.1 Å². The van der Waals surface area contributed by atoms with Gasteiger partial charge in [-0.2, -0.15) is 0 Å². The summed E-state index contributed by atoms with van der Waals surface area (Å²) in [5.74, 6) is -1.58. The number of carbonyl (C=O) groups excluding carboxylic acids is 2. The molecule has 6 heteroatoms. The minimum Gasteiger partial charge on any atom is -0.548 e. The number of ether oxygens (including phenoxy) is 1. The van der Waals surface area contributed by atoms with Gasteiger partial charge in [-0.15, -0.1) is 0 Å². The van der Waals surface area contributed by atoms with E-state index in [4.69, 9.17) is 4.74 Å². The molecule has 0 aromatic heterocycles. The number of rotatable bonds is 4. The molecule has 128 valence electrons. The fourth-order valence-corrected chi connectivity index (χ4v) is 2.18. The van der Waals surface area contributed by atoms with E-state index in [-0.39, 0.29) is 0 Å². The molecule has 0 bridgehead atoms. The maximum absolute atomic E-state index is 11.8. The Morgan fingerprint density at radius 3 is 2.13 bits per heavy atom. The molecule has 2 atom stereocenters. The van der Waals surface area contributed by atoms with Gasteiger partial charge in [0.1, 0.15) is 17.7 Å². The highest BCUT2D eigenvalue weighted by atomic mass is 16.6. The van der Waals surface area contributed by atoms with E-state index in [9.17, 15) is 19.8 Å². The molecule has 1 amide bonds. The molecule has 0 saturated heterocycles. The van der Waals surface area contributed by atoms with Gasteiger partial charge in [0.05, 0.1) is 5.97 Å². The largest absolute Gasteiger partial charge is 0.548 e. The van der Waals surface area contributed by atoms with Crippen molar-refractivity contribution in [1.82, 2.24) is 5.32 Å². The normalized spacial score (nSPS) is 14.0. The van der Waals surface area contributed by atoms with Gasteiger partial charge >= 0.3 is 6.09 Å². The van der Waals surface area contributed by atoms with Gasteiger partial charge in [0.25, 0.3) is 0 Å². The van der Waals surface area contributed by atoms with Gasteiger partial charge in [0, 0.05) is 0 Å². The number of benzene rings is 1. The van der Waals surface area contributed by atoms with Crippen LogP contribution < -0.4 is 10.4 Å². The lowest BCUT2D eigenvalue weighted by Gasteiger charge is -2.28. The van der Waals surface area contributed by atoms with Crippen LogP contribution in [0.3, 0.4) is 0 Å². The van der Waals surface area contributed by atoms with Crippen molar-refractivity contribution in [3.05, 3.63) is 34.4 Å². The Labute approximate surface area is 136 Å². The molecule has 0 unspecified atom stereocenters. The molecule has 0 aliphatic rings. The number of aliphatic hydroxyl groups is 1. The SMILES string of the molecule is Cc1cc(C)c([C@H](O)[C@H](NC(=O)OC(C)(C)C)C(=O)[O-])cc1C. The Bertz CT molecular complexity index is 604. The predicted molar refractivity (Wildman–Crippen MR) is 83.8 cm³/mol. The van der Waals surface area contributed by atoms with Crippen LogP contribution in [-0.2, 0) is 9.53 Å². The van der Waals surface area contributed by atoms with Crippen molar-refractivity contribution < 1.29 is 24.5 Å². The van der Waals surface area contributed by atoms with Gasteiger partial charge in [-0.3, -0.25) is 0 Å². The molecule has 0 aliphatic heterocycles. The molecule has 6 nitrogen and oxygen atoms in total. The number of hydrogen-bond acceptors (Lipinski definition) is 5. The zero-order valence-corrected chi connectivity index (χ0v) is 14.4. The summed E-state index contributed by atoms with van der Waals surface area (Å²) < 4.78 is 5.03. The Kier molecular flexibility index (Phi) is 5.77. The zero-order valence-electron chi connectivity index (χ0n) is 14.4. The highest BCUT2D eigenvalue weighted by Crippen LogP contribution is 2.24. The summed E-state index contributed by atoms with van der Waals surface area (Å²) in [5.41, 5.74) is 2.33. The van der Waals surface area contributed by atoms with Crippen LogP contribution in [0.5, 0.6) is 0 Å². The van der Waals surface area contributed by atoms with Gasteiger partial charge in [0.15, 0.2) is 0 Å². The van der Waals surface area contributed by atoms with E-state index in [1.807, 2.05) is 19.9 Å². The van der Waals surface area contributed by atoms with E-state index in [0.29, 0.717) is 5.56 Å². The van der Waals surface area contributed by atoms with Crippen molar-refractivity contribution in [2.75, 3.05) is 0 Å². The Hall–Kier alpha value is -2.08. The molecule has 2 N–H and O–H groups in total.